The fourth-order valence-corrected chi connectivity index (χ4v) is 2.45. The van der Waals surface area contributed by atoms with E-state index < -0.39 is 0 Å². The first kappa shape index (κ1) is 12.0. The largest absolute Gasteiger partial charge is 0.385 e. The Morgan fingerprint density at radius 2 is 2.14 bits per heavy atom. The number of hydrogen-bond acceptors (Lipinski definition) is 2. The highest BCUT2D eigenvalue weighted by atomic mass is 16.5. The van der Waals surface area contributed by atoms with Crippen molar-refractivity contribution in [2.24, 2.45) is 11.3 Å². The van der Waals surface area contributed by atoms with E-state index in [9.17, 15) is 0 Å². The number of ether oxygens (including phenoxy) is 1. The minimum absolute atomic E-state index is 0.592. The molecule has 0 bridgehead atoms. The molecule has 1 aliphatic rings. The van der Waals surface area contributed by atoms with Crippen LogP contribution in [0.15, 0.2) is 0 Å². The topological polar surface area (TPSA) is 21.3 Å². The van der Waals surface area contributed by atoms with Gasteiger partial charge in [-0.05, 0) is 37.1 Å². The van der Waals surface area contributed by atoms with Crippen LogP contribution in [0.25, 0.3) is 0 Å². The van der Waals surface area contributed by atoms with Crippen LogP contribution in [0.1, 0.15) is 39.5 Å². The highest BCUT2D eigenvalue weighted by molar-refractivity contribution is 4.93. The van der Waals surface area contributed by atoms with Gasteiger partial charge in [0.15, 0.2) is 0 Å². The standard InChI is InChI=1S/C12H25NO/c1-4-13-10-12(7-5-8-12)11(2)6-9-14-3/h11,13H,4-10H2,1-3H3. The zero-order chi connectivity index (χ0) is 10.4. The fraction of sp³-hybridized carbons (Fsp3) is 1.00. The Hall–Kier alpha value is -0.0800. The zero-order valence-corrected chi connectivity index (χ0v) is 9.94. The first-order valence-corrected chi connectivity index (χ1v) is 5.95. The predicted octanol–water partition coefficient (Wildman–Crippen LogP) is 2.44. The second-order valence-corrected chi connectivity index (χ2v) is 4.68. The predicted molar refractivity (Wildman–Crippen MR) is 60.5 cm³/mol. The van der Waals surface area contributed by atoms with E-state index in [0.29, 0.717) is 5.41 Å². The van der Waals surface area contributed by atoms with Crippen molar-refractivity contribution in [2.45, 2.75) is 39.5 Å². The van der Waals surface area contributed by atoms with E-state index in [1.807, 2.05) is 0 Å². The van der Waals surface area contributed by atoms with Gasteiger partial charge in [0.2, 0.25) is 0 Å². The molecule has 2 nitrogen and oxygen atoms in total. The van der Waals surface area contributed by atoms with Gasteiger partial charge in [-0.15, -0.1) is 0 Å². The van der Waals surface area contributed by atoms with E-state index in [4.69, 9.17) is 4.74 Å². The van der Waals surface area contributed by atoms with E-state index >= 15 is 0 Å². The molecule has 0 aliphatic heterocycles. The minimum atomic E-state index is 0.592. The SMILES string of the molecule is CCNCC1(C(C)CCOC)CCC1. The first-order valence-electron chi connectivity index (χ1n) is 5.95. The van der Waals surface area contributed by atoms with Crippen molar-refractivity contribution in [2.75, 3.05) is 26.8 Å². The number of nitrogens with one attached hydrogen (secondary N) is 1. The maximum atomic E-state index is 5.16. The molecule has 0 saturated heterocycles. The molecule has 1 unspecified atom stereocenters. The average Bonchev–Trinajstić information content (AvgIpc) is 2.13. The number of hydrogen-bond donors (Lipinski definition) is 1. The molecule has 84 valence electrons. The van der Waals surface area contributed by atoms with Crippen LogP contribution in [0, 0.1) is 11.3 Å². The van der Waals surface area contributed by atoms with Crippen molar-refractivity contribution < 1.29 is 4.74 Å². The molecule has 2 heteroatoms. The normalized spacial score (nSPS) is 21.6. The van der Waals surface area contributed by atoms with Gasteiger partial charge in [0.25, 0.3) is 0 Å². The molecule has 1 N–H and O–H groups in total. The molecule has 1 atom stereocenters. The van der Waals surface area contributed by atoms with Crippen molar-refractivity contribution in [1.82, 2.24) is 5.32 Å². The molecule has 0 amide bonds. The summed E-state index contributed by atoms with van der Waals surface area (Å²) in [6.45, 7) is 7.78. The maximum Gasteiger partial charge on any atom is 0.0465 e. The second-order valence-electron chi connectivity index (χ2n) is 4.68. The van der Waals surface area contributed by atoms with Crippen LogP contribution >= 0.6 is 0 Å². The molecule has 1 fully saturated rings. The molecular formula is C12H25NO. The van der Waals surface area contributed by atoms with E-state index in [2.05, 4.69) is 19.2 Å². The molecular weight excluding hydrogens is 174 g/mol. The lowest BCUT2D eigenvalue weighted by molar-refractivity contribution is 0.0377. The molecule has 0 radical (unpaired) electrons. The molecule has 0 aromatic heterocycles. The highest BCUT2D eigenvalue weighted by Crippen LogP contribution is 2.47. The van der Waals surface area contributed by atoms with Gasteiger partial charge in [0.05, 0.1) is 0 Å². The number of methoxy groups -OCH3 is 1. The third-order valence-electron chi connectivity index (χ3n) is 3.88. The van der Waals surface area contributed by atoms with E-state index in [1.54, 1.807) is 7.11 Å². The van der Waals surface area contributed by atoms with Gasteiger partial charge in [0, 0.05) is 20.3 Å². The van der Waals surface area contributed by atoms with Crippen LogP contribution in [-0.2, 0) is 4.74 Å². The molecule has 0 aromatic carbocycles. The van der Waals surface area contributed by atoms with Gasteiger partial charge in [-0.3, -0.25) is 0 Å². The Morgan fingerprint density at radius 3 is 2.57 bits per heavy atom. The Kier molecular flexibility index (Phi) is 4.90. The molecule has 0 aromatic rings. The second kappa shape index (κ2) is 5.72. The van der Waals surface area contributed by atoms with Crippen LogP contribution in [0.4, 0.5) is 0 Å². The van der Waals surface area contributed by atoms with Crippen molar-refractivity contribution in [3.8, 4) is 0 Å². The van der Waals surface area contributed by atoms with Crippen LogP contribution in [0.2, 0.25) is 0 Å². The van der Waals surface area contributed by atoms with Crippen LogP contribution in [0.5, 0.6) is 0 Å². The smallest absolute Gasteiger partial charge is 0.0465 e. The third-order valence-corrected chi connectivity index (χ3v) is 3.88. The first-order chi connectivity index (χ1) is 6.75. The fourth-order valence-electron chi connectivity index (χ4n) is 2.45. The Bertz CT molecular complexity index is 154. The van der Waals surface area contributed by atoms with Crippen LogP contribution < -0.4 is 5.32 Å². The minimum Gasteiger partial charge on any atom is -0.385 e. The Balaban J connectivity index is 2.34. The number of rotatable bonds is 7. The summed E-state index contributed by atoms with van der Waals surface area (Å²) in [6.07, 6.45) is 5.44. The lowest BCUT2D eigenvalue weighted by Gasteiger charge is -2.47. The Labute approximate surface area is 88.4 Å². The van der Waals surface area contributed by atoms with Gasteiger partial charge < -0.3 is 10.1 Å². The van der Waals surface area contributed by atoms with Gasteiger partial charge in [0.1, 0.15) is 0 Å². The summed E-state index contributed by atoms with van der Waals surface area (Å²) < 4.78 is 5.16. The molecule has 0 spiro atoms. The van der Waals surface area contributed by atoms with Crippen molar-refractivity contribution in [1.29, 1.82) is 0 Å². The molecule has 1 saturated carbocycles. The maximum absolute atomic E-state index is 5.16. The van der Waals surface area contributed by atoms with Crippen LogP contribution in [0.3, 0.4) is 0 Å². The van der Waals surface area contributed by atoms with Gasteiger partial charge in [-0.1, -0.05) is 20.3 Å². The summed E-state index contributed by atoms with van der Waals surface area (Å²) in [4.78, 5) is 0. The summed E-state index contributed by atoms with van der Waals surface area (Å²) >= 11 is 0. The molecule has 14 heavy (non-hydrogen) atoms. The van der Waals surface area contributed by atoms with E-state index in [-0.39, 0.29) is 0 Å². The van der Waals surface area contributed by atoms with Crippen molar-refractivity contribution in [3.05, 3.63) is 0 Å². The molecule has 1 rings (SSSR count). The summed E-state index contributed by atoms with van der Waals surface area (Å²) in [5, 5.41) is 3.51. The summed E-state index contributed by atoms with van der Waals surface area (Å²) in [6, 6.07) is 0. The third kappa shape index (κ3) is 2.71. The Morgan fingerprint density at radius 1 is 1.43 bits per heavy atom. The highest BCUT2D eigenvalue weighted by Gasteiger charge is 2.40. The van der Waals surface area contributed by atoms with Crippen LogP contribution in [-0.4, -0.2) is 26.8 Å². The summed E-state index contributed by atoms with van der Waals surface area (Å²) in [5.74, 6) is 0.801. The zero-order valence-electron chi connectivity index (χ0n) is 9.94. The van der Waals surface area contributed by atoms with E-state index in [1.165, 1.54) is 32.2 Å². The van der Waals surface area contributed by atoms with Crippen molar-refractivity contribution >= 4 is 0 Å². The lowest BCUT2D eigenvalue weighted by Crippen LogP contribution is -2.45. The van der Waals surface area contributed by atoms with Crippen molar-refractivity contribution in [3.63, 3.8) is 0 Å². The molecule has 1 aliphatic carbocycles. The van der Waals surface area contributed by atoms with E-state index in [0.717, 1.165) is 19.1 Å². The summed E-state index contributed by atoms with van der Waals surface area (Å²) in [5.41, 5.74) is 0.592. The van der Waals surface area contributed by atoms with Gasteiger partial charge in [-0.2, -0.15) is 0 Å². The quantitative estimate of drug-likeness (QED) is 0.680. The molecule has 0 heterocycles. The summed E-state index contributed by atoms with van der Waals surface area (Å²) in [7, 11) is 1.80. The lowest BCUT2D eigenvalue weighted by atomic mass is 9.60. The monoisotopic (exact) mass is 199 g/mol. The average molecular weight is 199 g/mol. The van der Waals surface area contributed by atoms with Gasteiger partial charge in [-0.25, -0.2) is 0 Å². The van der Waals surface area contributed by atoms with Gasteiger partial charge >= 0.3 is 0 Å².